The molecule has 4 nitrogen and oxygen atoms in total. The van der Waals surface area contributed by atoms with E-state index in [9.17, 15) is 4.79 Å². The maximum Gasteiger partial charge on any atom is 0.315 e. The van der Waals surface area contributed by atoms with Gasteiger partial charge in [-0.1, -0.05) is 13.0 Å². The van der Waals surface area contributed by atoms with Gasteiger partial charge < -0.3 is 15.6 Å². The van der Waals surface area contributed by atoms with Gasteiger partial charge in [-0.3, -0.25) is 0 Å². The largest absolute Gasteiger partial charge is 0.358 e. The van der Waals surface area contributed by atoms with Crippen LogP contribution in [0.25, 0.3) is 10.9 Å². The molecule has 0 saturated heterocycles. The number of hydrogen-bond acceptors (Lipinski definition) is 1. The maximum atomic E-state index is 11.8. The van der Waals surface area contributed by atoms with Crippen LogP contribution in [0.2, 0.25) is 0 Å². The van der Waals surface area contributed by atoms with Crippen LogP contribution in [-0.2, 0) is 19.4 Å². The van der Waals surface area contributed by atoms with Gasteiger partial charge >= 0.3 is 6.03 Å². The van der Waals surface area contributed by atoms with Crippen molar-refractivity contribution in [2.24, 2.45) is 0 Å². The molecule has 0 spiro atoms. The molecule has 0 bridgehead atoms. The third-order valence-electron chi connectivity index (χ3n) is 4.61. The summed E-state index contributed by atoms with van der Waals surface area (Å²) >= 11 is 0. The lowest BCUT2D eigenvalue weighted by Gasteiger charge is -2.13. The lowest BCUT2D eigenvalue weighted by atomic mass is 9.95. The normalized spacial score (nSPS) is 15.4. The van der Waals surface area contributed by atoms with Gasteiger partial charge in [0.05, 0.1) is 0 Å². The van der Waals surface area contributed by atoms with Gasteiger partial charge in [0.2, 0.25) is 0 Å². The first-order valence-electron chi connectivity index (χ1n) is 8.34. The third kappa shape index (κ3) is 3.11. The van der Waals surface area contributed by atoms with E-state index in [2.05, 4.69) is 40.7 Å². The predicted molar refractivity (Wildman–Crippen MR) is 90.1 cm³/mol. The van der Waals surface area contributed by atoms with E-state index >= 15 is 0 Å². The topological polar surface area (TPSA) is 56.9 Å². The Morgan fingerprint density at radius 2 is 2.14 bits per heavy atom. The molecule has 0 radical (unpaired) electrons. The number of aromatic nitrogens is 1. The van der Waals surface area contributed by atoms with E-state index in [1.165, 1.54) is 41.4 Å². The van der Waals surface area contributed by atoms with Gasteiger partial charge in [0, 0.05) is 29.2 Å². The lowest BCUT2D eigenvalue weighted by Crippen LogP contribution is -2.40. The van der Waals surface area contributed by atoms with Crippen LogP contribution in [0.15, 0.2) is 18.2 Å². The molecule has 1 atom stereocenters. The molecule has 118 valence electrons. The fourth-order valence-electron chi connectivity index (χ4n) is 3.12. The Kier molecular flexibility index (Phi) is 4.36. The predicted octanol–water partition coefficient (Wildman–Crippen LogP) is 3.64. The molecule has 0 aliphatic heterocycles. The van der Waals surface area contributed by atoms with Crippen LogP contribution in [0.5, 0.6) is 0 Å². The van der Waals surface area contributed by atoms with E-state index < -0.39 is 0 Å². The molecule has 3 rings (SSSR count). The zero-order valence-corrected chi connectivity index (χ0v) is 13.5. The summed E-state index contributed by atoms with van der Waals surface area (Å²) in [7, 11) is 0. The average Bonchev–Trinajstić information content (AvgIpc) is 2.90. The first kappa shape index (κ1) is 14.9. The first-order chi connectivity index (χ1) is 10.7. The number of amides is 2. The molecule has 1 unspecified atom stereocenters. The van der Waals surface area contributed by atoms with E-state index in [-0.39, 0.29) is 12.1 Å². The molecule has 0 saturated carbocycles. The van der Waals surface area contributed by atoms with Gasteiger partial charge in [-0.2, -0.15) is 0 Å². The fourth-order valence-corrected chi connectivity index (χ4v) is 3.12. The van der Waals surface area contributed by atoms with Gasteiger partial charge in [0.15, 0.2) is 0 Å². The van der Waals surface area contributed by atoms with Crippen molar-refractivity contribution >= 4 is 16.9 Å². The Morgan fingerprint density at radius 1 is 1.32 bits per heavy atom. The monoisotopic (exact) mass is 299 g/mol. The number of fused-ring (bicyclic) bond motifs is 3. The van der Waals surface area contributed by atoms with Crippen molar-refractivity contribution in [1.29, 1.82) is 0 Å². The first-order valence-corrected chi connectivity index (χ1v) is 8.34. The smallest absolute Gasteiger partial charge is 0.315 e. The van der Waals surface area contributed by atoms with Gasteiger partial charge in [-0.25, -0.2) is 4.79 Å². The highest BCUT2D eigenvalue weighted by Crippen LogP contribution is 2.29. The second-order valence-corrected chi connectivity index (χ2v) is 6.31. The van der Waals surface area contributed by atoms with Crippen molar-refractivity contribution in [3.63, 3.8) is 0 Å². The molecule has 1 aromatic carbocycles. The molecule has 22 heavy (non-hydrogen) atoms. The minimum absolute atomic E-state index is 0.0921. The van der Waals surface area contributed by atoms with Crippen molar-refractivity contribution in [3.05, 3.63) is 35.0 Å². The number of nitrogens with one attached hydrogen (secondary N) is 3. The number of aryl methyl sites for hydroxylation is 2. The Balaban J connectivity index is 1.71. The lowest BCUT2D eigenvalue weighted by molar-refractivity contribution is 0.237. The quantitative estimate of drug-likeness (QED) is 0.793. The van der Waals surface area contributed by atoms with Crippen LogP contribution in [0.4, 0.5) is 4.79 Å². The highest BCUT2D eigenvalue weighted by molar-refractivity contribution is 5.85. The minimum atomic E-state index is -0.0921. The number of benzene rings is 1. The number of hydrogen-bond donors (Lipinski definition) is 3. The zero-order chi connectivity index (χ0) is 15.5. The maximum absolute atomic E-state index is 11.8. The van der Waals surface area contributed by atoms with Gasteiger partial charge in [-0.05, 0) is 62.3 Å². The number of aromatic amines is 1. The molecule has 4 heteroatoms. The summed E-state index contributed by atoms with van der Waals surface area (Å²) in [5.74, 6) is 0. The highest BCUT2D eigenvalue weighted by atomic mass is 16.2. The summed E-state index contributed by atoms with van der Waals surface area (Å²) in [4.78, 5) is 15.3. The van der Waals surface area contributed by atoms with Crippen LogP contribution in [0.3, 0.4) is 0 Å². The van der Waals surface area contributed by atoms with Gasteiger partial charge in [0.1, 0.15) is 0 Å². The summed E-state index contributed by atoms with van der Waals surface area (Å²) < 4.78 is 0. The summed E-state index contributed by atoms with van der Waals surface area (Å²) in [5.41, 5.74) is 5.26. The van der Waals surface area contributed by atoms with Crippen molar-refractivity contribution < 1.29 is 4.79 Å². The van der Waals surface area contributed by atoms with Crippen LogP contribution in [0, 0.1) is 0 Å². The third-order valence-corrected chi connectivity index (χ3v) is 4.61. The number of urea groups is 1. The molecule has 0 fully saturated rings. The van der Waals surface area contributed by atoms with E-state index in [4.69, 9.17) is 0 Å². The van der Waals surface area contributed by atoms with E-state index in [0.29, 0.717) is 6.54 Å². The summed E-state index contributed by atoms with van der Waals surface area (Å²) in [6, 6.07) is 6.56. The Morgan fingerprint density at radius 3 is 2.95 bits per heavy atom. The molecule has 2 aromatic rings. The van der Waals surface area contributed by atoms with Gasteiger partial charge in [-0.15, -0.1) is 0 Å². The van der Waals surface area contributed by atoms with E-state index in [1.54, 1.807) is 0 Å². The van der Waals surface area contributed by atoms with Crippen molar-refractivity contribution in [2.45, 2.75) is 58.5 Å². The van der Waals surface area contributed by atoms with Crippen LogP contribution >= 0.6 is 0 Å². The Bertz CT molecular complexity index is 674. The van der Waals surface area contributed by atoms with Crippen LogP contribution in [0.1, 0.15) is 49.9 Å². The number of carbonyl (C=O) groups is 1. The van der Waals surface area contributed by atoms with Gasteiger partial charge in [0.25, 0.3) is 0 Å². The summed E-state index contributed by atoms with van der Waals surface area (Å²) in [6.45, 7) is 4.64. The Labute approximate surface area is 131 Å². The second kappa shape index (κ2) is 6.42. The van der Waals surface area contributed by atoms with Crippen molar-refractivity contribution in [2.75, 3.05) is 0 Å². The summed E-state index contributed by atoms with van der Waals surface area (Å²) in [5, 5.41) is 7.20. The number of rotatable bonds is 4. The molecular formula is C18H25N3O. The molecule has 2 amide bonds. The van der Waals surface area contributed by atoms with Crippen LogP contribution < -0.4 is 10.6 Å². The fraction of sp³-hybridized carbons (Fsp3) is 0.500. The average molecular weight is 299 g/mol. The zero-order valence-electron chi connectivity index (χ0n) is 13.5. The van der Waals surface area contributed by atoms with Crippen molar-refractivity contribution in [1.82, 2.24) is 15.6 Å². The number of carbonyl (C=O) groups excluding carboxylic acids is 1. The molecule has 1 aromatic heterocycles. The molecule has 1 aliphatic carbocycles. The molecule has 1 heterocycles. The van der Waals surface area contributed by atoms with Crippen LogP contribution in [-0.4, -0.2) is 17.1 Å². The standard InChI is InChI=1S/C18H25N3O/c1-3-12(2)20-18(22)19-11-13-8-9-17-15(10-13)14-6-4-5-7-16(14)21-17/h8-10,12,21H,3-7,11H2,1-2H3,(H2,19,20,22). The SMILES string of the molecule is CCC(C)NC(=O)NCc1ccc2[nH]c3c(c2c1)CCCC3. The Hall–Kier alpha value is -1.97. The minimum Gasteiger partial charge on any atom is -0.358 e. The van der Waals surface area contributed by atoms with E-state index in [1.807, 2.05) is 6.92 Å². The summed E-state index contributed by atoms with van der Waals surface area (Å²) in [6.07, 6.45) is 5.83. The highest BCUT2D eigenvalue weighted by Gasteiger charge is 2.15. The molecule has 3 N–H and O–H groups in total. The molecular weight excluding hydrogens is 274 g/mol. The molecule has 1 aliphatic rings. The van der Waals surface area contributed by atoms with Crippen molar-refractivity contribution in [3.8, 4) is 0 Å². The number of H-pyrrole nitrogens is 1. The second-order valence-electron chi connectivity index (χ2n) is 6.31. The van der Waals surface area contributed by atoms with E-state index in [0.717, 1.165) is 18.4 Å².